The third-order valence-corrected chi connectivity index (χ3v) is 5.88. The molecular formula is C23H20ClF4N5O3. The lowest BCUT2D eigenvalue weighted by molar-refractivity contribution is -0.141. The van der Waals surface area contributed by atoms with Crippen LogP contribution in [0.2, 0.25) is 5.02 Å². The Balaban J connectivity index is 1.35. The van der Waals surface area contributed by atoms with Crippen LogP contribution in [0.1, 0.15) is 46.1 Å². The lowest BCUT2D eigenvalue weighted by Gasteiger charge is -2.27. The Bertz CT molecular complexity index is 1300. The number of fused-ring (bicyclic) bond motifs is 1. The number of alkyl halides is 3. The van der Waals surface area contributed by atoms with Crippen LogP contribution in [0.25, 0.3) is 0 Å². The van der Waals surface area contributed by atoms with E-state index in [1.807, 2.05) is 0 Å². The van der Waals surface area contributed by atoms with Gasteiger partial charge in [-0.05, 0) is 42.7 Å². The second-order valence-electron chi connectivity index (χ2n) is 8.18. The molecule has 3 heterocycles. The Hall–Kier alpha value is -3.67. The number of nitrogens with zero attached hydrogens (tertiary/aromatic N) is 4. The lowest BCUT2D eigenvalue weighted by Crippen LogP contribution is -2.29. The number of amides is 2. The van der Waals surface area contributed by atoms with Gasteiger partial charge in [0.25, 0.3) is 5.91 Å². The number of anilines is 1. The van der Waals surface area contributed by atoms with E-state index in [-0.39, 0.29) is 47.3 Å². The van der Waals surface area contributed by atoms with Gasteiger partial charge < -0.3 is 9.64 Å². The molecule has 0 spiro atoms. The van der Waals surface area contributed by atoms with Crippen LogP contribution in [0.15, 0.2) is 42.9 Å². The van der Waals surface area contributed by atoms with E-state index in [4.69, 9.17) is 16.3 Å². The van der Waals surface area contributed by atoms with Crippen LogP contribution in [0.5, 0.6) is 0 Å². The number of hydrogen-bond donors (Lipinski definition) is 1. The van der Waals surface area contributed by atoms with Gasteiger partial charge >= 0.3 is 12.3 Å². The molecule has 1 N–H and O–H groups in total. The van der Waals surface area contributed by atoms with Crippen molar-refractivity contribution in [2.45, 2.75) is 31.7 Å². The Morgan fingerprint density at radius 1 is 1.31 bits per heavy atom. The van der Waals surface area contributed by atoms with E-state index in [2.05, 4.69) is 15.4 Å². The number of pyridine rings is 1. The third-order valence-electron chi connectivity index (χ3n) is 5.59. The first-order valence-corrected chi connectivity index (χ1v) is 11.2. The fraction of sp³-hybridized carbons (Fsp3) is 0.304. The Labute approximate surface area is 207 Å². The van der Waals surface area contributed by atoms with Gasteiger partial charge in [0.1, 0.15) is 11.8 Å². The highest BCUT2D eigenvalue weighted by atomic mass is 35.5. The zero-order chi connectivity index (χ0) is 26.0. The maximum absolute atomic E-state index is 14.5. The van der Waals surface area contributed by atoms with Crippen LogP contribution < -0.4 is 5.32 Å². The molecule has 2 amide bonds. The maximum atomic E-state index is 14.5. The van der Waals surface area contributed by atoms with Gasteiger partial charge in [-0.2, -0.15) is 18.3 Å². The molecule has 4 rings (SSSR count). The highest BCUT2D eigenvalue weighted by Gasteiger charge is 2.32. The molecule has 2 aromatic heterocycles. The summed E-state index contributed by atoms with van der Waals surface area (Å²) < 4.78 is 59.7. The summed E-state index contributed by atoms with van der Waals surface area (Å²) in [6, 6.07) is 5.20. The standard InChI is InChI=1S/C23H20ClF4N5O3/c1-32(8-2-3-17-19-16(31-22(35)36-17)5-4-15(24)20(19)25)21(34)14-10-30-33(12-14)11-13-6-7-29-18(9-13)23(26,27)28/h4-7,9-10,12,17H,2-3,8,11H2,1H3,(H,31,35). The average molecular weight is 526 g/mol. The van der Waals surface area contributed by atoms with Crippen molar-refractivity contribution >= 4 is 29.3 Å². The first kappa shape index (κ1) is 25.4. The van der Waals surface area contributed by atoms with Gasteiger partial charge in [-0.25, -0.2) is 9.18 Å². The molecule has 1 unspecified atom stereocenters. The minimum atomic E-state index is -4.56. The number of benzene rings is 1. The predicted octanol–water partition coefficient (Wildman–Crippen LogP) is 5.29. The van der Waals surface area contributed by atoms with Gasteiger partial charge in [0.05, 0.1) is 34.6 Å². The molecule has 1 aliphatic heterocycles. The second-order valence-corrected chi connectivity index (χ2v) is 8.59. The quantitative estimate of drug-likeness (QED) is 0.423. The van der Waals surface area contributed by atoms with Crippen molar-refractivity contribution in [3.05, 3.63) is 76.1 Å². The van der Waals surface area contributed by atoms with Crippen LogP contribution in [-0.2, 0) is 17.5 Å². The molecule has 0 saturated heterocycles. The number of carbonyl (C=O) groups is 2. The SMILES string of the molecule is CN(CCCC1OC(=O)Nc2ccc(Cl)c(F)c21)C(=O)c1cnn(Cc2ccnc(C(F)(F)F)c2)c1. The topological polar surface area (TPSA) is 89.4 Å². The van der Waals surface area contributed by atoms with E-state index in [1.54, 1.807) is 7.05 Å². The maximum Gasteiger partial charge on any atom is 0.433 e. The van der Waals surface area contributed by atoms with Crippen LogP contribution in [-0.4, -0.2) is 45.3 Å². The van der Waals surface area contributed by atoms with Crippen LogP contribution in [0, 0.1) is 5.82 Å². The Morgan fingerprint density at radius 2 is 2.08 bits per heavy atom. The van der Waals surface area contributed by atoms with Crippen LogP contribution in [0.3, 0.4) is 0 Å². The van der Waals surface area contributed by atoms with Crippen molar-refractivity contribution in [3.8, 4) is 0 Å². The van der Waals surface area contributed by atoms with Crippen molar-refractivity contribution < 1.29 is 31.9 Å². The fourth-order valence-corrected chi connectivity index (χ4v) is 4.00. The number of hydrogen-bond acceptors (Lipinski definition) is 5. The monoisotopic (exact) mass is 525 g/mol. The zero-order valence-electron chi connectivity index (χ0n) is 18.9. The smallest absolute Gasteiger partial charge is 0.433 e. The Morgan fingerprint density at radius 3 is 2.83 bits per heavy atom. The first-order valence-electron chi connectivity index (χ1n) is 10.8. The highest BCUT2D eigenvalue weighted by molar-refractivity contribution is 6.31. The van der Waals surface area contributed by atoms with Gasteiger partial charge in [-0.1, -0.05) is 11.6 Å². The molecule has 1 aliphatic rings. The lowest BCUT2D eigenvalue weighted by atomic mass is 10.0. The first-order chi connectivity index (χ1) is 17.0. The van der Waals surface area contributed by atoms with E-state index in [0.29, 0.717) is 12.0 Å². The normalized spacial score (nSPS) is 15.2. The van der Waals surface area contributed by atoms with Crippen molar-refractivity contribution in [2.75, 3.05) is 18.9 Å². The van der Waals surface area contributed by atoms with Gasteiger partial charge in [0, 0.05) is 26.0 Å². The van der Waals surface area contributed by atoms with Crippen molar-refractivity contribution in [2.24, 2.45) is 0 Å². The molecule has 190 valence electrons. The zero-order valence-corrected chi connectivity index (χ0v) is 19.6. The molecule has 1 atom stereocenters. The molecular weight excluding hydrogens is 506 g/mol. The van der Waals surface area contributed by atoms with Crippen LogP contribution >= 0.6 is 11.6 Å². The van der Waals surface area contributed by atoms with Crippen molar-refractivity contribution in [3.63, 3.8) is 0 Å². The summed E-state index contributed by atoms with van der Waals surface area (Å²) >= 11 is 5.86. The number of ether oxygens (including phenoxy) is 1. The summed E-state index contributed by atoms with van der Waals surface area (Å²) in [5.41, 5.74) is 0.0112. The Kier molecular flexibility index (Phi) is 7.16. The minimum Gasteiger partial charge on any atom is -0.441 e. The van der Waals surface area contributed by atoms with Gasteiger partial charge in [-0.15, -0.1) is 0 Å². The van der Waals surface area contributed by atoms with Gasteiger partial charge in [0.2, 0.25) is 0 Å². The minimum absolute atomic E-state index is 0.0250. The molecule has 0 bridgehead atoms. The van der Waals surface area contributed by atoms with Crippen molar-refractivity contribution in [1.82, 2.24) is 19.7 Å². The molecule has 3 aromatic rings. The van der Waals surface area contributed by atoms with E-state index in [0.717, 1.165) is 12.3 Å². The largest absolute Gasteiger partial charge is 0.441 e. The summed E-state index contributed by atoms with van der Waals surface area (Å²) in [5.74, 6) is -1.03. The molecule has 0 radical (unpaired) electrons. The molecule has 0 fully saturated rings. The molecule has 8 nitrogen and oxygen atoms in total. The molecule has 0 saturated carbocycles. The van der Waals surface area contributed by atoms with Crippen molar-refractivity contribution in [1.29, 1.82) is 0 Å². The van der Waals surface area contributed by atoms with E-state index in [9.17, 15) is 27.2 Å². The van der Waals surface area contributed by atoms with Crippen LogP contribution in [0.4, 0.5) is 28.0 Å². The van der Waals surface area contributed by atoms with E-state index < -0.39 is 29.9 Å². The summed E-state index contributed by atoms with van der Waals surface area (Å²) in [7, 11) is 1.57. The number of carbonyl (C=O) groups excluding carboxylic acids is 2. The fourth-order valence-electron chi connectivity index (χ4n) is 3.83. The number of rotatable bonds is 7. The number of cyclic esters (lactones) is 1. The molecule has 1 aromatic carbocycles. The summed E-state index contributed by atoms with van der Waals surface area (Å²) in [5, 5.41) is 6.40. The highest BCUT2D eigenvalue weighted by Crippen LogP contribution is 2.38. The summed E-state index contributed by atoms with van der Waals surface area (Å²) in [4.78, 5) is 29.3. The predicted molar refractivity (Wildman–Crippen MR) is 121 cm³/mol. The number of aromatic nitrogens is 3. The summed E-state index contributed by atoms with van der Waals surface area (Å²) in [6.45, 7) is 0.291. The van der Waals surface area contributed by atoms with Gasteiger partial charge in [-0.3, -0.25) is 19.8 Å². The number of halogens is 5. The number of nitrogens with one attached hydrogen (secondary N) is 1. The third kappa shape index (κ3) is 5.59. The average Bonchev–Trinajstić information content (AvgIpc) is 3.28. The molecule has 36 heavy (non-hydrogen) atoms. The van der Waals surface area contributed by atoms with E-state index in [1.165, 1.54) is 40.2 Å². The molecule has 13 heteroatoms. The summed E-state index contributed by atoms with van der Waals surface area (Å²) in [6.07, 6.45) is -1.66. The second kappa shape index (κ2) is 10.1. The van der Waals surface area contributed by atoms with Gasteiger partial charge in [0.15, 0.2) is 5.82 Å². The van der Waals surface area contributed by atoms with E-state index >= 15 is 0 Å². The molecule has 0 aliphatic carbocycles.